The third-order valence-corrected chi connectivity index (χ3v) is 3.88. The van der Waals surface area contributed by atoms with E-state index < -0.39 is 8.32 Å². The second-order valence-electron chi connectivity index (χ2n) is 4.38. The average Bonchev–Trinajstić information content (AvgIpc) is 1.95. The third kappa shape index (κ3) is 6.86. The second kappa shape index (κ2) is 5.76. The fourth-order valence-electron chi connectivity index (χ4n) is 1.64. The maximum absolute atomic E-state index is 11.6. The summed E-state index contributed by atoms with van der Waals surface area (Å²) in [7, 11) is -2.04. The Balaban J connectivity index is 3.67. The molecule has 0 spiro atoms. The molecule has 0 saturated carbocycles. The van der Waals surface area contributed by atoms with Gasteiger partial charge in [0.1, 0.15) is 0 Å². The van der Waals surface area contributed by atoms with Gasteiger partial charge in [0.25, 0.3) is 0 Å². The van der Waals surface area contributed by atoms with Gasteiger partial charge in [-0.3, -0.25) is 4.80 Å². The van der Waals surface area contributed by atoms with Crippen molar-refractivity contribution in [1.82, 2.24) is 0 Å². The Morgan fingerprint density at radius 3 is 2.17 bits per heavy atom. The molecule has 1 radical (unpaired) electrons. The number of unbranched alkanes of at least 4 members (excludes halogenated alkanes) is 1. The summed E-state index contributed by atoms with van der Waals surface area (Å²) < 4.78 is 0. The smallest absolute Gasteiger partial charge is 0.231 e. The van der Waals surface area contributed by atoms with Gasteiger partial charge in [-0.15, -0.1) is 0 Å². The molecule has 1 unspecified atom stereocenters. The van der Waals surface area contributed by atoms with Crippen LogP contribution < -0.4 is 0 Å². The molecule has 0 aliphatic heterocycles. The van der Waals surface area contributed by atoms with E-state index in [0.717, 1.165) is 6.04 Å². The van der Waals surface area contributed by atoms with Gasteiger partial charge in [0, 0.05) is 0 Å². The summed E-state index contributed by atoms with van der Waals surface area (Å²) in [5.41, 5.74) is 0. The van der Waals surface area contributed by atoms with Crippen molar-refractivity contribution < 1.29 is 4.80 Å². The lowest BCUT2D eigenvalue weighted by molar-refractivity contribution is 0.395. The van der Waals surface area contributed by atoms with E-state index in [1.165, 1.54) is 25.7 Å². The zero-order valence-corrected chi connectivity index (χ0v) is 10.0. The lowest BCUT2D eigenvalue weighted by Gasteiger charge is -2.19. The summed E-state index contributed by atoms with van der Waals surface area (Å²) in [4.78, 5) is 11.6. The number of hydrogen-bond donors (Lipinski definition) is 0. The minimum atomic E-state index is -2.04. The van der Waals surface area contributed by atoms with E-state index in [1.807, 2.05) is 13.1 Å². The van der Waals surface area contributed by atoms with Gasteiger partial charge in [0.15, 0.2) is 0 Å². The van der Waals surface area contributed by atoms with Crippen LogP contribution in [-0.4, -0.2) is 8.32 Å². The zero-order chi connectivity index (χ0) is 9.61. The molecule has 12 heavy (non-hydrogen) atoms. The lowest BCUT2D eigenvalue weighted by atomic mass is 10.0. The monoisotopic (exact) mass is 187 g/mol. The van der Waals surface area contributed by atoms with Crippen molar-refractivity contribution >= 4 is 8.32 Å². The largest absolute Gasteiger partial charge is 0.298 e. The fourth-order valence-corrected chi connectivity index (χ4v) is 3.52. The van der Waals surface area contributed by atoms with Crippen LogP contribution in [0.15, 0.2) is 0 Å². The van der Waals surface area contributed by atoms with Crippen LogP contribution in [0.25, 0.3) is 0 Å². The summed E-state index contributed by atoms with van der Waals surface area (Å²) in [6, 6.07) is 0.976. The van der Waals surface area contributed by atoms with Crippen molar-refractivity contribution in [3.8, 4) is 0 Å². The van der Waals surface area contributed by atoms with E-state index in [1.54, 1.807) is 0 Å². The molecule has 0 heterocycles. The van der Waals surface area contributed by atoms with Crippen LogP contribution in [0.2, 0.25) is 19.1 Å². The molecule has 0 fully saturated rings. The van der Waals surface area contributed by atoms with E-state index >= 15 is 0 Å². The highest BCUT2D eigenvalue weighted by Gasteiger charge is 2.23. The summed E-state index contributed by atoms with van der Waals surface area (Å²) >= 11 is 0. The van der Waals surface area contributed by atoms with Gasteiger partial charge >= 0.3 is 0 Å². The number of rotatable bonds is 6. The predicted octanol–water partition coefficient (Wildman–Crippen LogP) is 3.84. The van der Waals surface area contributed by atoms with Gasteiger partial charge in [0.2, 0.25) is 8.32 Å². The SMILES string of the molecule is CCCCC(CC)C[Si](C)(C)[O]. The van der Waals surface area contributed by atoms with E-state index in [9.17, 15) is 4.80 Å². The highest BCUT2D eigenvalue weighted by molar-refractivity contribution is 6.69. The molecule has 0 saturated heterocycles. The maximum Gasteiger partial charge on any atom is 0.231 e. The Morgan fingerprint density at radius 2 is 1.83 bits per heavy atom. The van der Waals surface area contributed by atoms with Crippen LogP contribution in [0, 0.1) is 5.92 Å². The van der Waals surface area contributed by atoms with E-state index in [2.05, 4.69) is 13.8 Å². The summed E-state index contributed by atoms with van der Waals surface area (Å²) in [5.74, 6) is 0.712. The van der Waals surface area contributed by atoms with Gasteiger partial charge in [0.05, 0.1) is 0 Å². The molecule has 2 heteroatoms. The van der Waals surface area contributed by atoms with Crippen LogP contribution in [0.5, 0.6) is 0 Å². The normalized spacial score (nSPS) is 14.8. The topological polar surface area (TPSA) is 19.9 Å². The van der Waals surface area contributed by atoms with Gasteiger partial charge in [-0.25, -0.2) is 0 Å². The molecule has 1 nitrogen and oxygen atoms in total. The standard InChI is InChI=1S/C10H23OSi/c1-5-7-8-10(6-2)9-12(3,4)11/h10H,5-9H2,1-4H3. The third-order valence-electron chi connectivity index (χ3n) is 2.32. The minimum Gasteiger partial charge on any atom is -0.298 e. The maximum atomic E-state index is 11.6. The van der Waals surface area contributed by atoms with Crippen molar-refractivity contribution in [1.29, 1.82) is 0 Å². The van der Waals surface area contributed by atoms with Crippen LogP contribution in [0.1, 0.15) is 39.5 Å². The Hall–Kier alpha value is 0.177. The Morgan fingerprint density at radius 1 is 1.25 bits per heavy atom. The van der Waals surface area contributed by atoms with Crippen molar-refractivity contribution in [2.75, 3.05) is 0 Å². The fraction of sp³-hybridized carbons (Fsp3) is 1.00. The first-order valence-corrected chi connectivity index (χ1v) is 8.31. The van der Waals surface area contributed by atoms with Gasteiger partial charge in [-0.2, -0.15) is 0 Å². The zero-order valence-electron chi connectivity index (χ0n) is 9.02. The van der Waals surface area contributed by atoms with Gasteiger partial charge in [-0.1, -0.05) is 39.5 Å². The molecule has 0 aromatic carbocycles. The predicted molar refractivity (Wildman–Crippen MR) is 56.3 cm³/mol. The molecule has 0 rings (SSSR count). The first kappa shape index (κ1) is 12.2. The highest BCUT2D eigenvalue weighted by Crippen LogP contribution is 2.23. The second-order valence-corrected chi connectivity index (χ2v) is 8.31. The first-order chi connectivity index (χ1) is 5.49. The Labute approximate surface area is 78.3 Å². The quantitative estimate of drug-likeness (QED) is 0.563. The van der Waals surface area contributed by atoms with Crippen LogP contribution in [0.4, 0.5) is 0 Å². The lowest BCUT2D eigenvalue weighted by Crippen LogP contribution is -2.26. The summed E-state index contributed by atoms with van der Waals surface area (Å²) in [6.07, 6.45) is 5.02. The van der Waals surface area contributed by atoms with Gasteiger partial charge in [-0.05, 0) is 25.1 Å². The Bertz CT molecular complexity index is 107. The van der Waals surface area contributed by atoms with Crippen molar-refractivity contribution in [3.05, 3.63) is 0 Å². The minimum absolute atomic E-state index is 0.712. The van der Waals surface area contributed by atoms with Crippen molar-refractivity contribution in [3.63, 3.8) is 0 Å². The van der Waals surface area contributed by atoms with E-state index in [-0.39, 0.29) is 0 Å². The van der Waals surface area contributed by atoms with Crippen LogP contribution >= 0.6 is 0 Å². The average molecular weight is 187 g/mol. The molecule has 0 aromatic heterocycles. The van der Waals surface area contributed by atoms with Crippen LogP contribution in [0.3, 0.4) is 0 Å². The Kier molecular flexibility index (Phi) is 5.84. The van der Waals surface area contributed by atoms with Crippen LogP contribution in [-0.2, 0) is 4.80 Å². The summed E-state index contributed by atoms with van der Waals surface area (Å²) in [5, 5.41) is 0. The molecule has 0 N–H and O–H groups in total. The molecule has 0 aliphatic carbocycles. The highest BCUT2D eigenvalue weighted by atomic mass is 28.4. The first-order valence-electron chi connectivity index (χ1n) is 5.20. The summed E-state index contributed by atoms with van der Waals surface area (Å²) in [6.45, 7) is 8.29. The molecule has 0 bridgehead atoms. The molecular formula is C10H23OSi. The molecule has 1 atom stereocenters. The molecule has 0 aliphatic rings. The van der Waals surface area contributed by atoms with Crippen molar-refractivity contribution in [2.45, 2.75) is 58.7 Å². The van der Waals surface area contributed by atoms with E-state index in [0.29, 0.717) is 5.92 Å². The molecule has 0 amide bonds. The molecule has 0 aromatic rings. The molecular weight excluding hydrogens is 164 g/mol. The van der Waals surface area contributed by atoms with Crippen molar-refractivity contribution in [2.24, 2.45) is 5.92 Å². The van der Waals surface area contributed by atoms with E-state index in [4.69, 9.17) is 0 Å². The van der Waals surface area contributed by atoms with Gasteiger partial charge < -0.3 is 0 Å². The number of hydrogen-bond acceptors (Lipinski definition) is 0. The molecule has 73 valence electrons.